The van der Waals surface area contributed by atoms with Crippen LogP contribution in [-0.2, 0) is 8.85 Å². The number of hydrogen-bond donors (Lipinski definition) is 0. The molecule has 2 unspecified atom stereocenters. The van der Waals surface area contributed by atoms with E-state index in [0.29, 0.717) is 0 Å². The second-order valence-corrected chi connectivity index (χ2v) is 10.6. The third-order valence-electron chi connectivity index (χ3n) is 4.91. The molecule has 25 heavy (non-hydrogen) atoms. The van der Waals surface area contributed by atoms with Gasteiger partial charge in [0.15, 0.2) is 0 Å². The minimum atomic E-state index is -2.18. The summed E-state index contributed by atoms with van der Waals surface area (Å²) in [4.78, 5) is 0. The van der Waals surface area contributed by atoms with Crippen molar-refractivity contribution in [2.45, 2.75) is 123 Å². The molecule has 0 aliphatic rings. The van der Waals surface area contributed by atoms with Crippen molar-refractivity contribution in [3.05, 3.63) is 12.3 Å². The van der Waals surface area contributed by atoms with E-state index < -0.39 is 8.56 Å². The topological polar surface area (TPSA) is 18.5 Å². The Balaban J connectivity index is 3.68. The van der Waals surface area contributed by atoms with Gasteiger partial charge in [0.25, 0.3) is 0 Å². The standard InChI is InChI=1S/C22H46O2Si/c1-6-9-11-13-14-15-16-17-19-21-23-25(5,8-3)24-22(4)20-18-12-10-7-2/h8,22H,3,6-7,9-21H2,1-2,4-5H3. The molecule has 0 radical (unpaired) electrons. The summed E-state index contributed by atoms with van der Waals surface area (Å²) >= 11 is 0. The molecule has 0 aliphatic heterocycles. The van der Waals surface area contributed by atoms with Crippen molar-refractivity contribution in [1.82, 2.24) is 0 Å². The summed E-state index contributed by atoms with van der Waals surface area (Å²) in [5.41, 5.74) is 1.95. The van der Waals surface area contributed by atoms with Gasteiger partial charge in [-0.2, -0.15) is 0 Å². The Hall–Kier alpha value is -0.123. The van der Waals surface area contributed by atoms with Gasteiger partial charge in [-0.3, -0.25) is 0 Å². The van der Waals surface area contributed by atoms with Crippen LogP contribution in [-0.4, -0.2) is 21.3 Å². The monoisotopic (exact) mass is 370 g/mol. The number of unbranched alkanes of at least 4 members (excludes halogenated alkanes) is 11. The van der Waals surface area contributed by atoms with Gasteiger partial charge in [-0.25, -0.2) is 0 Å². The van der Waals surface area contributed by atoms with E-state index in [1.165, 1.54) is 77.0 Å². The van der Waals surface area contributed by atoms with Gasteiger partial charge in [-0.05, 0) is 32.0 Å². The molecule has 0 saturated heterocycles. The molecule has 0 saturated carbocycles. The second-order valence-electron chi connectivity index (χ2n) is 7.67. The molecule has 3 heteroatoms. The highest BCUT2D eigenvalue weighted by atomic mass is 28.4. The molecule has 0 fully saturated rings. The molecule has 0 aromatic carbocycles. The van der Waals surface area contributed by atoms with Crippen molar-refractivity contribution in [2.75, 3.05) is 6.61 Å². The van der Waals surface area contributed by atoms with Crippen LogP contribution in [0.2, 0.25) is 6.55 Å². The summed E-state index contributed by atoms with van der Waals surface area (Å²) in [6.45, 7) is 13.6. The average molecular weight is 371 g/mol. The molecule has 2 atom stereocenters. The molecule has 0 spiro atoms. The highest BCUT2D eigenvalue weighted by Gasteiger charge is 2.29. The number of rotatable bonds is 19. The van der Waals surface area contributed by atoms with Crippen molar-refractivity contribution in [2.24, 2.45) is 0 Å². The Bertz CT molecular complexity index is 296. The van der Waals surface area contributed by atoms with Gasteiger partial charge >= 0.3 is 8.56 Å². The Labute approximate surface area is 160 Å². The molecule has 0 amide bonds. The minimum absolute atomic E-state index is 0.287. The van der Waals surface area contributed by atoms with Gasteiger partial charge in [-0.1, -0.05) is 90.9 Å². The first-order valence-electron chi connectivity index (χ1n) is 11.0. The third-order valence-corrected chi connectivity index (χ3v) is 7.30. The fourth-order valence-corrected chi connectivity index (χ4v) is 4.89. The summed E-state index contributed by atoms with van der Waals surface area (Å²) in [5, 5.41) is 0. The first-order chi connectivity index (χ1) is 12.1. The molecular weight excluding hydrogens is 324 g/mol. The Morgan fingerprint density at radius 2 is 1.28 bits per heavy atom. The van der Waals surface area contributed by atoms with E-state index >= 15 is 0 Å². The van der Waals surface area contributed by atoms with Crippen LogP contribution in [0.5, 0.6) is 0 Å². The minimum Gasteiger partial charge on any atom is -0.391 e. The van der Waals surface area contributed by atoms with Crippen LogP contribution in [0, 0.1) is 0 Å². The molecule has 2 nitrogen and oxygen atoms in total. The zero-order valence-electron chi connectivity index (χ0n) is 17.8. The van der Waals surface area contributed by atoms with Gasteiger partial charge in [0.2, 0.25) is 0 Å². The van der Waals surface area contributed by atoms with E-state index in [1.807, 2.05) is 5.70 Å². The first-order valence-corrected chi connectivity index (χ1v) is 13.4. The van der Waals surface area contributed by atoms with Crippen molar-refractivity contribution >= 4 is 8.56 Å². The summed E-state index contributed by atoms with van der Waals surface area (Å²) in [6, 6.07) is 0. The molecule has 0 aromatic rings. The lowest BCUT2D eigenvalue weighted by atomic mass is 10.1. The van der Waals surface area contributed by atoms with Crippen molar-refractivity contribution < 1.29 is 8.85 Å². The molecular formula is C22H46O2Si. The van der Waals surface area contributed by atoms with E-state index in [1.54, 1.807) is 0 Å². The van der Waals surface area contributed by atoms with Gasteiger partial charge in [0.05, 0.1) is 0 Å². The van der Waals surface area contributed by atoms with Crippen LogP contribution in [0.25, 0.3) is 0 Å². The van der Waals surface area contributed by atoms with Crippen LogP contribution in [0.3, 0.4) is 0 Å². The molecule has 0 bridgehead atoms. The lowest BCUT2D eigenvalue weighted by Gasteiger charge is -2.27. The van der Waals surface area contributed by atoms with Crippen molar-refractivity contribution in [3.8, 4) is 0 Å². The van der Waals surface area contributed by atoms with E-state index in [9.17, 15) is 0 Å². The van der Waals surface area contributed by atoms with Gasteiger partial charge < -0.3 is 8.85 Å². The quantitative estimate of drug-likeness (QED) is 0.171. The van der Waals surface area contributed by atoms with Crippen LogP contribution in [0.4, 0.5) is 0 Å². The normalized spacial score (nSPS) is 15.0. The van der Waals surface area contributed by atoms with E-state index in [4.69, 9.17) is 8.85 Å². The van der Waals surface area contributed by atoms with Crippen LogP contribution >= 0.6 is 0 Å². The van der Waals surface area contributed by atoms with Crippen molar-refractivity contribution in [3.63, 3.8) is 0 Å². The third kappa shape index (κ3) is 15.8. The lowest BCUT2D eigenvalue weighted by molar-refractivity contribution is 0.126. The zero-order chi connectivity index (χ0) is 18.8. The Morgan fingerprint density at radius 1 is 0.800 bits per heavy atom. The first kappa shape index (κ1) is 24.9. The van der Waals surface area contributed by atoms with E-state index in [-0.39, 0.29) is 6.10 Å². The molecule has 0 heterocycles. The molecule has 150 valence electrons. The highest BCUT2D eigenvalue weighted by Crippen LogP contribution is 2.17. The van der Waals surface area contributed by atoms with Crippen LogP contribution in [0.1, 0.15) is 111 Å². The van der Waals surface area contributed by atoms with Crippen LogP contribution < -0.4 is 0 Å². The van der Waals surface area contributed by atoms with Gasteiger partial charge in [0, 0.05) is 12.7 Å². The predicted octanol–water partition coefficient (Wildman–Crippen LogP) is 7.71. The smallest absolute Gasteiger partial charge is 0.361 e. The Kier molecular flexibility index (Phi) is 17.2. The summed E-state index contributed by atoms with van der Waals surface area (Å²) in [5.74, 6) is 0. The van der Waals surface area contributed by atoms with Gasteiger partial charge in [0.1, 0.15) is 0 Å². The summed E-state index contributed by atoms with van der Waals surface area (Å²) in [6.07, 6.45) is 18.7. The molecule has 0 rings (SSSR count). The maximum Gasteiger partial charge on any atom is 0.361 e. The maximum atomic E-state index is 6.25. The Morgan fingerprint density at radius 3 is 1.80 bits per heavy atom. The summed E-state index contributed by atoms with van der Waals surface area (Å²) < 4.78 is 12.4. The van der Waals surface area contributed by atoms with Gasteiger partial charge in [-0.15, -0.1) is 6.58 Å². The fourth-order valence-electron chi connectivity index (χ4n) is 3.15. The number of hydrogen-bond acceptors (Lipinski definition) is 2. The average Bonchev–Trinajstić information content (AvgIpc) is 2.60. The SMILES string of the molecule is C=C[Si](C)(OCCCCCCCCCCC)OC(C)CCCCCC. The highest BCUT2D eigenvalue weighted by molar-refractivity contribution is 6.71. The largest absolute Gasteiger partial charge is 0.391 e. The zero-order valence-corrected chi connectivity index (χ0v) is 18.8. The molecule has 0 N–H and O–H groups in total. The lowest BCUT2D eigenvalue weighted by Crippen LogP contribution is -2.40. The second kappa shape index (κ2) is 17.3. The molecule has 0 aliphatic carbocycles. The summed E-state index contributed by atoms with van der Waals surface area (Å²) in [7, 11) is -2.18. The predicted molar refractivity (Wildman–Crippen MR) is 114 cm³/mol. The molecule has 0 aromatic heterocycles. The van der Waals surface area contributed by atoms with E-state index in [2.05, 4.69) is 33.9 Å². The fraction of sp³-hybridized carbons (Fsp3) is 0.909. The van der Waals surface area contributed by atoms with E-state index in [0.717, 1.165) is 19.4 Å². The van der Waals surface area contributed by atoms with Crippen molar-refractivity contribution in [1.29, 1.82) is 0 Å². The maximum absolute atomic E-state index is 6.25. The van der Waals surface area contributed by atoms with Crippen LogP contribution in [0.15, 0.2) is 12.3 Å².